The van der Waals surface area contributed by atoms with Gasteiger partial charge >= 0.3 is 0 Å². The second-order valence-electron chi connectivity index (χ2n) is 5.44. The lowest BCUT2D eigenvalue weighted by atomic mass is 10.2. The van der Waals surface area contributed by atoms with Crippen LogP contribution in [0.25, 0.3) is 0 Å². The fourth-order valence-electron chi connectivity index (χ4n) is 1.44. The fourth-order valence-corrected chi connectivity index (χ4v) is 1.44. The minimum Gasteiger partial charge on any atom is -0.389 e. The lowest BCUT2D eigenvalue weighted by Crippen LogP contribution is -2.47. The Balaban J connectivity index is 3.61. The summed E-state index contributed by atoms with van der Waals surface area (Å²) in [7, 11) is 0. The molecule has 0 fully saturated rings. The lowest BCUT2D eigenvalue weighted by molar-refractivity contribution is -0.123. The minimum absolute atomic E-state index is 0.0709. The van der Waals surface area contributed by atoms with E-state index in [0.29, 0.717) is 19.8 Å². The van der Waals surface area contributed by atoms with E-state index in [0.717, 1.165) is 0 Å². The number of nitrogens with one attached hydrogen (secondary N) is 2. The van der Waals surface area contributed by atoms with Crippen molar-refractivity contribution in [2.75, 3.05) is 26.4 Å². The molecule has 0 rings (SSSR count). The van der Waals surface area contributed by atoms with Crippen LogP contribution in [-0.4, -0.2) is 61.7 Å². The average molecular weight is 290 g/mol. The smallest absolute Gasteiger partial charge is 0.237 e. The van der Waals surface area contributed by atoms with Crippen molar-refractivity contribution in [3.8, 4) is 0 Å². The van der Waals surface area contributed by atoms with E-state index < -0.39 is 6.10 Å². The van der Waals surface area contributed by atoms with Crippen LogP contribution >= 0.6 is 0 Å². The molecule has 0 aliphatic carbocycles. The van der Waals surface area contributed by atoms with E-state index in [1.54, 1.807) is 6.92 Å². The molecule has 0 saturated carbocycles. The zero-order valence-electron chi connectivity index (χ0n) is 13.3. The molecule has 0 saturated heterocycles. The molecule has 0 aliphatic heterocycles. The van der Waals surface area contributed by atoms with E-state index >= 15 is 0 Å². The van der Waals surface area contributed by atoms with Gasteiger partial charge in [0.15, 0.2) is 0 Å². The first-order valence-corrected chi connectivity index (χ1v) is 7.24. The van der Waals surface area contributed by atoms with E-state index in [9.17, 15) is 9.90 Å². The molecule has 2 atom stereocenters. The van der Waals surface area contributed by atoms with E-state index in [-0.39, 0.29) is 30.7 Å². The van der Waals surface area contributed by atoms with Crippen molar-refractivity contribution < 1.29 is 19.4 Å². The molecule has 0 aliphatic rings. The van der Waals surface area contributed by atoms with Crippen molar-refractivity contribution in [3.63, 3.8) is 0 Å². The number of carbonyl (C=O) groups is 1. The second-order valence-corrected chi connectivity index (χ2v) is 5.44. The molecule has 6 nitrogen and oxygen atoms in total. The molecular formula is C14H30N2O4. The molecule has 0 aromatic heterocycles. The predicted octanol–water partition coefficient (Wildman–Crippen LogP) is 0.292. The van der Waals surface area contributed by atoms with Crippen LogP contribution in [-0.2, 0) is 14.3 Å². The molecule has 3 N–H and O–H groups in total. The summed E-state index contributed by atoms with van der Waals surface area (Å²) < 4.78 is 10.6. The van der Waals surface area contributed by atoms with E-state index in [1.807, 2.05) is 27.7 Å². The Labute approximate surface area is 122 Å². The van der Waals surface area contributed by atoms with E-state index in [1.165, 1.54) is 0 Å². The largest absolute Gasteiger partial charge is 0.389 e. The number of carbonyl (C=O) groups excluding carboxylic acids is 1. The molecule has 6 heteroatoms. The van der Waals surface area contributed by atoms with Crippen molar-refractivity contribution in [3.05, 3.63) is 0 Å². The number of aliphatic hydroxyl groups excluding tert-OH is 1. The SMILES string of the molecule is CC(C)NC(=O)C(C)NCC(O)COCCOC(C)C. The molecular weight excluding hydrogens is 260 g/mol. The molecule has 20 heavy (non-hydrogen) atoms. The Morgan fingerprint density at radius 2 is 1.80 bits per heavy atom. The first-order valence-electron chi connectivity index (χ1n) is 7.24. The Hall–Kier alpha value is -0.690. The average Bonchev–Trinajstić information content (AvgIpc) is 2.34. The predicted molar refractivity (Wildman–Crippen MR) is 78.7 cm³/mol. The van der Waals surface area contributed by atoms with Gasteiger partial charge in [-0.3, -0.25) is 4.79 Å². The molecule has 1 amide bonds. The minimum atomic E-state index is -0.636. The van der Waals surface area contributed by atoms with Crippen molar-refractivity contribution in [2.24, 2.45) is 0 Å². The van der Waals surface area contributed by atoms with Gasteiger partial charge < -0.3 is 25.2 Å². The Kier molecular flexibility index (Phi) is 10.6. The second kappa shape index (κ2) is 11.0. The summed E-state index contributed by atoms with van der Waals surface area (Å²) >= 11 is 0. The number of hydrogen-bond donors (Lipinski definition) is 3. The fraction of sp³-hybridized carbons (Fsp3) is 0.929. The molecule has 0 radical (unpaired) electrons. The van der Waals surface area contributed by atoms with Crippen LogP contribution in [0, 0.1) is 0 Å². The summed E-state index contributed by atoms with van der Waals surface area (Å²) in [5.74, 6) is -0.0709. The van der Waals surface area contributed by atoms with Gasteiger partial charge in [0.1, 0.15) is 0 Å². The van der Waals surface area contributed by atoms with Gasteiger partial charge in [0.2, 0.25) is 5.91 Å². The first kappa shape index (κ1) is 19.3. The van der Waals surface area contributed by atoms with Crippen LogP contribution in [0.4, 0.5) is 0 Å². The van der Waals surface area contributed by atoms with Crippen LogP contribution in [0.3, 0.4) is 0 Å². The quantitative estimate of drug-likeness (QED) is 0.477. The third-order valence-electron chi connectivity index (χ3n) is 2.47. The van der Waals surface area contributed by atoms with Crippen molar-refractivity contribution in [1.29, 1.82) is 0 Å². The highest BCUT2D eigenvalue weighted by molar-refractivity contribution is 5.81. The highest BCUT2D eigenvalue weighted by atomic mass is 16.5. The zero-order valence-corrected chi connectivity index (χ0v) is 13.3. The monoisotopic (exact) mass is 290 g/mol. The van der Waals surface area contributed by atoms with Gasteiger partial charge in [-0.2, -0.15) is 0 Å². The Bertz CT molecular complexity index is 260. The van der Waals surface area contributed by atoms with Crippen molar-refractivity contribution in [1.82, 2.24) is 10.6 Å². The molecule has 0 bridgehead atoms. The van der Waals surface area contributed by atoms with Crippen LogP contribution in [0.2, 0.25) is 0 Å². The molecule has 120 valence electrons. The molecule has 0 spiro atoms. The van der Waals surface area contributed by atoms with Crippen LogP contribution in [0.1, 0.15) is 34.6 Å². The Morgan fingerprint density at radius 1 is 1.15 bits per heavy atom. The molecule has 0 heterocycles. The summed E-state index contributed by atoms with van der Waals surface area (Å²) in [4.78, 5) is 11.6. The van der Waals surface area contributed by atoms with Gasteiger partial charge in [0.25, 0.3) is 0 Å². The maximum absolute atomic E-state index is 11.6. The molecule has 2 unspecified atom stereocenters. The number of ether oxygens (including phenoxy) is 2. The van der Waals surface area contributed by atoms with Gasteiger partial charge in [0.05, 0.1) is 38.1 Å². The number of amides is 1. The summed E-state index contributed by atoms with van der Waals surface area (Å²) in [5, 5.41) is 15.5. The summed E-state index contributed by atoms with van der Waals surface area (Å²) in [5.41, 5.74) is 0. The van der Waals surface area contributed by atoms with Crippen molar-refractivity contribution in [2.45, 2.75) is 58.9 Å². The van der Waals surface area contributed by atoms with Gasteiger partial charge in [-0.1, -0.05) is 0 Å². The van der Waals surface area contributed by atoms with Crippen LogP contribution in [0.15, 0.2) is 0 Å². The van der Waals surface area contributed by atoms with Crippen molar-refractivity contribution >= 4 is 5.91 Å². The topological polar surface area (TPSA) is 79.8 Å². The number of aliphatic hydroxyl groups is 1. The molecule has 0 aromatic carbocycles. The molecule has 0 aromatic rings. The van der Waals surface area contributed by atoms with E-state index in [2.05, 4.69) is 10.6 Å². The van der Waals surface area contributed by atoms with Crippen LogP contribution in [0.5, 0.6) is 0 Å². The van der Waals surface area contributed by atoms with Gasteiger partial charge in [0, 0.05) is 12.6 Å². The summed E-state index contributed by atoms with van der Waals surface area (Å²) in [6, 6.07) is -0.225. The van der Waals surface area contributed by atoms with E-state index in [4.69, 9.17) is 9.47 Å². The highest BCUT2D eigenvalue weighted by Gasteiger charge is 2.14. The maximum Gasteiger partial charge on any atom is 0.237 e. The number of rotatable bonds is 11. The Morgan fingerprint density at radius 3 is 2.35 bits per heavy atom. The zero-order chi connectivity index (χ0) is 15.5. The summed E-state index contributed by atoms with van der Waals surface area (Å²) in [6.07, 6.45) is -0.450. The van der Waals surface area contributed by atoms with Gasteiger partial charge in [-0.25, -0.2) is 0 Å². The van der Waals surface area contributed by atoms with Gasteiger partial charge in [-0.15, -0.1) is 0 Å². The summed E-state index contributed by atoms with van der Waals surface area (Å²) in [6.45, 7) is 11.0. The van der Waals surface area contributed by atoms with Gasteiger partial charge in [-0.05, 0) is 34.6 Å². The number of hydrogen-bond acceptors (Lipinski definition) is 5. The highest BCUT2D eigenvalue weighted by Crippen LogP contribution is 1.91. The first-order chi connectivity index (χ1) is 9.32. The maximum atomic E-state index is 11.6. The third kappa shape index (κ3) is 11.2. The normalized spacial score (nSPS) is 14.6. The standard InChI is InChI=1S/C14H30N2O4/c1-10(2)16-14(18)12(5)15-8-13(17)9-19-6-7-20-11(3)4/h10-13,15,17H,6-9H2,1-5H3,(H,16,18). The lowest BCUT2D eigenvalue weighted by Gasteiger charge is -2.18. The van der Waals surface area contributed by atoms with Crippen LogP contribution < -0.4 is 10.6 Å². The third-order valence-corrected chi connectivity index (χ3v) is 2.47.